The Morgan fingerprint density at radius 3 is 2.77 bits per heavy atom. The summed E-state index contributed by atoms with van der Waals surface area (Å²) >= 11 is 1.13. The molecular weight excluding hydrogens is 361 g/mol. The van der Waals surface area contributed by atoms with Crippen LogP contribution in [0.15, 0.2) is 60.0 Å². The van der Waals surface area contributed by atoms with Gasteiger partial charge in [-0.25, -0.2) is 4.39 Å². The van der Waals surface area contributed by atoms with E-state index >= 15 is 0 Å². The van der Waals surface area contributed by atoms with E-state index in [1.807, 2.05) is 30.3 Å². The molecule has 1 N–H and O–H groups in total. The standard InChI is InChI=1S/C16H12FN5O3S/c17-11-6-7-13(14(8-11)22(24)25)19-15(23)9-26-16-20-18-10-21(16)12-4-2-1-3-5-12/h1-8,10H,9H2,(H,19,23). The minimum absolute atomic E-state index is 0.0416. The van der Waals surface area contributed by atoms with Crippen LogP contribution < -0.4 is 5.32 Å². The summed E-state index contributed by atoms with van der Waals surface area (Å²) in [6.07, 6.45) is 1.53. The zero-order chi connectivity index (χ0) is 18.5. The van der Waals surface area contributed by atoms with Gasteiger partial charge in [0, 0.05) is 5.69 Å². The summed E-state index contributed by atoms with van der Waals surface area (Å²) in [7, 11) is 0. The number of nitro benzene ring substituents is 1. The van der Waals surface area contributed by atoms with Gasteiger partial charge in [-0.1, -0.05) is 30.0 Å². The number of hydrogen-bond donors (Lipinski definition) is 1. The molecule has 10 heteroatoms. The second-order valence-electron chi connectivity index (χ2n) is 5.07. The highest BCUT2D eigenvalue weighted by Gasteiger charge is 2.17. The minimum Gasteiger partial charge on any atom is -0.320 e. The van der Waals surface area contributed by atoms with Crippen molar-refractivity contribution >= 4 is 29.0 Å². The average molecular weight is 373 g/mol. The number of benzene rings is 2. The summed E-state index contributed by atoms with van der Waals surface area (Å²) in [5, 5.41) is 21.7. The lowest BCUT2D eigenvalue weighted by Gasteiger charge is -2.07. The number of para-hydroxylation sites is 1. The number of nitro groups is 1. The third-order valence-corrected chi connectivity index (χ3v) is 4.26. The highest BCUT2D eigenvalue weighted by molar-refractivity contribution is 7.99. The van der Waals surface area contributed by atoms with E-state index in [1.54, 1.807) is 4.57 Å². The van der Waals surface area contributed by atoms with Crippen molar-refractivity contribution < 1.29 is 14.1 Å². The molecule has 0 aliphatic rings. The molecule has 0 aliphatic heterocycles. The molecule has 3 rings (SSSR count). The first-order valence-corrected chi connectivity index (χ1v) is 8.35. The van der Waals surface area contributed by atoms with Crippen molar-refractivity contribution in [3.05, 3.63) is 70.8 Å². The normalized spacial score (nSPS) is 10.5. The van der Waals surface area contributed by atoms with E-state index in [0.29, 0.717) is 5.16 Å². The molecule has 8 nitrogen and oxygen atoms in total. The molecule has 0 fully saturated rings. The molecule has 2 aromatic carbocycles. The largest absolute Gasteiger partial charge is 0.320 e. The third kappa shape index (κ3) is 4.03. The van der Waals surface area contributed by atoms with Crippen LogP contribution in [-0.2, 0) is 4.79 Å². The lowest BCUT2D eigenvalue weighted by Crippen LogP contribution is -2.15. The van der Waals surface area contributed by atoms with Crippen LogP contribution in [-0.4, -0.2) is 31.3 Å². The smallest absolute Gasteiger partial charge is 0.295 e. The molecule has 0 bridgehead atoms. The Hall–Kier alpha value is -3.27. The molecule has 0 unspecified atom stereocenters. The van der Waals surface area contributed by atoms with Crippen molar-refractivity contribution in [1.29, 1.82) is 0 Å². The van der Waals surface area contributed by atoms with Gasteiger partial charge in [-0.15, -0.1) is 10.2 Å². The molecule has 1 heterocycles. The maximum atomic E-state index is 13.1. The van der Waals surface area contributed by atoms with Gasteiger partial charge in [-0.2, -0.15) is 0 Å². The molecule has 1 aromatic heterocycles. The van der Waals surface area contributed by atoms with Crippen molar-refractivity contribution in [1.82, 2.24) is 14.8 Å². The molecule has 1 amide bonds. The number of nitrogens with zero attached hydrogens (tertiary/aromatic N) is 4. The molecule has 0 spiro atoms. The first kappa shape index (κ1) is 17.5. The highest BCUT2D eigenvalue weighted by Crippen LogP contribution is 2.26. The van der Waals surface area contributed by atoms with Crippen molar-refractivity contribution in [3.63, 3.8) is 0 Å². The fourth-order valence-corrected chi connectivity index (χ4v) is 2.90. The zero-order valence-corrected chi connectivity index (χ0v) is 14.0. The van der Waals surface area contributed by atoms with Crippen LogP contribution in [0.1, 0.15) is 0 Å². The Labute approximate surface area is 151 Å². The molecule has 0 saturated carbocycles. The third-order valence-electron chi connectivity index (χ3n) is 3.31. The summed E-state index contributed by atoms with van der Waals surface area (Å²) in [6, 6.07) is 12.3. The van der Waals surface area contributed by atoms with Crippen molar-refractivity contribution in [2.24, 2.45) is 0 Å². The Morgan fingerprint density at radius 1 is 1.27 bits per heavy atom. The maximum absolute atomic E-state index is 13.1. The van der Waals surface area contributed by atoms with Crippen LogP contribution in [0.25, 0.3) is 5.69 Å². The second-order valence-corrected chi connectivity index (χ2v) is 6.02. The predicted octanol–water partition coefficient (Wildman–Crippen LogP) is 3.05. The van der Waals surface area contributed by atoms with E-state index in [0.717, 1.165) is 35.6 Å². The average Bonchev–Trinajstić information content (AvgIpc) is 3.10. The van der Waals surface area contributed by atoms with Crippen LogP contribution >= 0.6 is 11.8 Å². The predicted molar refractivity (Wildman–Crippen MR) is 93.8 cm³/mol. The van der Waals surface area contributed by atoms with Crippen molar-refractivity contribution in [2.45, 2.75) is 5.16 Å². The number of aromatic nitrogens is 3. The minimum atomic E-state index is -0.752. The van der Waals surface area contributed by atoms with Crippen molar-refractivity contribution in [2.75, 3.05) is 11.1 Å². The number of thioether (sulfide) groups is 1. The van der Waals surface area contributed by atoms with Crippen LogP contribution in [0.3, 0.4) is 0 Å². The summed E-state index contributed by atoms with van der Waals surface area (Å²) < 4.78 is 14.9. The van der Waals surface area contributed by atoms with Gasteiger partial charge in [0.15, 0.2) is 5.16 Å². The summed E-state index contributed by atoms with van der Waals surface area (Å²) in [4.78, 5) is 22.3. The van der Waals surface area contributed by atoms with Crippen LogP contribution in [0.2, 0.25) is 0 Å². The van der Waals surface area contributed by atoms with Gasteiger partial charge >= 0.3 is 0 Å². The van der Waals surface area contributed by atoms with Gasteiger partial charge < -0.3 is 5.32 Å². The quantitative estimate of drug-likeness (QED) is 0.405. The zero-order valence-electron chi connectivity index (χ0n) is 13.2. The first-order valence-electron chi connectivity index (χ1n) is 7.36. The molecule has 0 saturated heterocycles. The van der Waals surface area contributed by atoms with Crippen LogP contribution in [0.4, 0.5) is 15.8 Å². The second kappa shape index (κ2) is 7.74. The van der Waals surface area contributed by atoms with Gasteiger partial charge in [0.05, 0.1) is 16.7 Å². The first-order chi connectivity index (χ1) is 12.5. The lowest BCUT2D eigenvalue weighted by atomic mass is 10.2. The van der Waals surface area contributed by atoms with Gasteiger partial charge in [-0.3, -0.25) is 19.5 Å². The van der Waals surface area contributed by atoms with E-state index in [1.165, 1.54) is 6.33 Å². The molecule has 3 aromatic rings. The summed E-state index contributed by atoms with van der Waals surface area (Å²) in [6.45, 7) is 0. The van der Waals surface area contributed by atoms with Gasteiger partial charge in [0.25, 0.3) is 5.69 Å². The fraction of sp³-hybridized carbons (Fsp3) is 0.0625. The van der Waals surface area contributed by atoms with Gasteiger partial charge in [0.2, 0.25) is 5.91 Å². The topological polar surface area (TPSA) is 103 Å². The van der Waals surface area contributed by atoms with Crippen LogP contribution in [0, 0.1) is 15.9 Å². The Bertz CT molecular complexity index is 948. The fourth-order valence-electron chi connectivity index (χ4n) is 2.17. The molecule has 0 aliphatic carbocycles. The Morgan fingerprint density at radius 2 is 2.04 bits per heavy atom. The van der Waals surface area contributed by atoms with Gasteiger partial charge in [0.1, 0.15) is 17.8 Å². The summed E-state index contributed by atoms with van der Waals surface area (Å²) in [5.74, 6) is -1.27. The van der Waals surface area contributed by atoms with E-state index in [9.17, 15) is 19.3 Å². The molecule has 132 valence electrons. The summed E-state index contributed by atoms with van der Waals surface area (Å²) in [5.41, 5.74) is 0.275. The number of rotatable bonds is 6. The Kier molecular flexibility index (Phi) is 5.23. The van der Waals surface area contributed by atoms with Crippen molar-refractivity contribution in [3.8, 4) is 5.69 Å². The van der Waals surface area contributed by atoms with E-state index in [4.69, 9.17) is 0 Å². The maximum Gasteiger partial charge on any atom is 0.295 e. The number of amides is 1. The molecule has 0 radical (unpaired) electrons. The molecule has 0 atom stereocenters. The van der Waals surface area contributed by atoms with Crippen LogP contribution in [0.5, 0.6) is 0 Å². The van der Waals surface area contributed by atoms with E-state index in [2.05, 4.69) is 15.5 Å². The van der Waals surface area contributed by atoms with E-state index < -0.39 is 22.3 Å². The highest BCUT2D eigenvalue weighted by atomic mass is 32.2. The Balaban J connectivity index is 1.68. The van der Waals surface area contributed by atoms with Gasteiger partial charge in [-0.05, 0) is 24.3 Å². The number of hydrogen-bond acceptors (Lipinski definition) is 6. The number of nitrogens with one attached hydrogen (secondary N) is 1. The lowest BCUT2D eigenvalue weighted by molar-refractivity contribution is -0.384. The number of carbonyl (C=O) groups is 1. The number of halogens is 1. The number of anilines is 1. The number of carbonyl (C=O) groups excluding carboxylic acids is 1. The molecular formula is C16H12FN5O3S. The van der Waals surface area contributed by atoms with E-state index in [-0.39, 0.29) is 11.4 Å². The monoisotopic (exact) mass is 373 g/mol. The molecule has 26 heavy (non-hydrogen) atoms. The SMILES string of the molecule is O=C(CSc1nncn1-c1ccccc1)Nc1ccc(F)cc1[N+](=O)[O-].